The summed E-state index contributed by atoms with van der Waals surface area (Å²) in [5.74, 6) is 1.43. The maximum Gasteiger partial charge on any atom is 0.300 e. The van der Waals surface area contributed by atoms with Crippen molar-refractivity contribution in [3.8, 4) is 17.2 Å². The number of amides is 1. The number of ether oxygens (including phenoxy) is 2. The lowest BCUT2D eigenvalue weighted by Gasteiger charge is -2.08. The van der Waals surface area contributed by atoms with E-state index in [1.807, 2.05) is 24.3 Å². The van der Waals surface area contributed by atoms with Crippen LogP contribution < -0.4 is 20.3 Å². The fourth-order valence-corrected chi connectivity index (χ4v) is 3.82. The molecule has 2 aromatic heterocycles. The van der Waals surface area contributed by atoms with Gasteiger partial charge in [0.15, 0.2) is 5.16 Å². The monoisotopic (exact) mass is 451 g/mol. The molecule has 0 radical (unpaired) electrons. The average Bonchev–Trinajstić information content (AvgIpc) is 3.26. The van der Waals surface area contributed by atoms with Crippen molar-refractivity contribution in [2.24, 2.45) is 0 Å². The molecule has 0 saturated heterocycles. The highest BCUT2D eigenvalue weighted by molar-refractivity contribution is 7.99. The predicted octanol–water partition coefficient (Wildman–Crippen LogP) is 2.31. The number of carbonyl (C=O) groups is 1. The molecule has 0 atom stereocenters. The standard InChI is InChI=1S/C22H21N5O4S/c1-30-17-8-6-16(7-9-17)26-10-11-27-20(21(26)29)24-25-22(27)32-14-19(28)23-13-15-4-3-5-18(12-15)31-2/h3-12H,13-14H2,1-2H3,(H,23,28). The summed E-state index contributed by atoms with van der Waals surface area (Å²) in [5, 5.41) is 11.4. The molecule has 0 unspecified atom stereocenters. The quantitative estimate of drug-likeness (QED) is 0.410. The van der Waals surface area contributed by atoms with Gasteiger partial charge in [-0.3, -0.25) is 18.6 Å². The molecule has 0 fully saturated rings. The summed E-state index contributed by atoms with van der Waals surface area (Å²) in [6.07, 6.45) is 3.35. The smallest absolute Gasteiger partial charge is 0.300 e. The minimum absolute atomic E-state index is 0.145. The molecular formula is C22H21N5O4S. The molecule has 0 aliphatic heterocycles. The van der Waals surface area contributed by atoms with E-state index in [-0.39, 0.29) is 22.9 Å². The molecule has 0 bridgehead atoms. The number of nitrogens with one attached hydrogen (secondary N) is 1. The molecule has 4 aromatic rings. The maximum absolute atomic E-state index is 12.9. The van der Waals surface area contributed by atoms with Crippen molar-refractivity contribution in [3.63, 3.8) is 0 Å². The molecule has 0 saturated carbocycles. The summed E-state index contributed by atoms with van der Waals surface area (Å²) in [6.45, 7) is 0.393. The summed E-state index contributed by atoms with van der Waals surface area (Å²) in [4.78, 5) is 25.1. The van der Waals surface area contributed by atoms with Gasteiger partial charge in [-0.2, -0.15) is 0 Å². The van der Waals surface area contributed by atoms with E-state index in [4.69, 9.17) is 9.47 Å². The molecule has 0 aliphatic carbocycles. The molecule has 1 N–H and O–H groups in total. The molecule has 9 nitrogen and oxygen atoms in total. The van der Waals surface area contributed by atoms with Crippen LogP contribution in [0, 0.1) is 0 Å². The second-order valence-electron chi connectivity index (χ2n) is 6.76. The van der Waals surface area contributed by atoms with Crippen LogP contribution in [0.2, 0.25) is 0 Å². The number of hydrogen-bond acceptors (Lipinski definition) is 7. The Morgan fingerprint density at radius 1 is 1.03 bits per heavy atom. The lowest BCUT2D eigenvalue weighted by molar-refractivity contribution is -0.118. The van der Waals surface area contributed by atoms with E-state index in [1.165, 1.54) is 16.3 Å². The van der Waals surface area contributed by atoms with E-state index in [0.717, 1.165) is 11.3 Å². The largest absolute Gasteiger partial charge is 0.497 e. The van der Waals surface area contributed by atoms with Crippen LogP contribution in [0.25, 0.3) is 11.3 Å². The highest BCUT2D eigenvalue weighted by Gasteiger charge is 2.13. The van der Waals surface area contributed by atoms with Crippen LogP contribution >= 0.6 is 11.8 Å². The molecular weight excluding hydrogens is 430 g/mol. The van der Waals surface area contributed by atoms with E-state index in [2.05, 4.69) is 15.5 Å². The van der Waals surface area contributed by atoms with Gasteiger partial charge in [0, 0.05) is 24.6 Å². The van der Waals surface area contributed by atoms with Gasteiger partial charge in [-0.15, -0.1) is 10.2 Å². The van der Waals surface area contributed by atoms with Crippen molar-refractivity contribution in [2.75, 3.05) is 20.0 Å². The molecule has 32 heavy (non-hydrogen) atoms. The van der Waals surface area contributed by atoms with Gasteiger partial charge in [0.25, 0.3) is 0 Å². The number of benzene rings is 2. The van der Waals surface area contributed by atoms with E-state index >= 15 is 0 Å². The molecule has 0 aliphatic rings. The first-order chi connectivity index (χ1) is 15.6. The fraction of sp³-hybridized carbons (Fsp3) is 0.182. The van der Waals surface area contributed by atoms with Crippen molar-refractivity contribution in [2.45, 2.75) is 11.7 Å². The Bertz CT molecular complexity index is 1300. The summed E-state index contributed by atoms with van der Waals surface area (Å²) in [7, 11) is 3.19. The SMILES string of the molecule is COc1ccc(-n2ccn3c(SCC(=O)NCc4cccc(OC)c4)nnc3c2=O)cc1. The molecule has 2 heterocycles. The van der Waals surface area contributed by atoms with Crippen LogP contribution in [0.1, 0.15) is 5.56 Å². The molecule has 0 spiro atoms. The molecule has 1 amide bonds. The summed E-state index contributed by atoms with van der Waals surface area (Å²) in [6, 6.07) is 14.6. The second-order valence-corrected chi connectivity index (χ2v) is 7.71. The lowest BCUT2D eigenvalue weighted by atomic mass is 10.2. The zero-order valence-electron chi connectivity index (χ0n) is 17.5. The zero-order chi connectivity index (χ0) is 22.5. The highest BCUT2D eigenvalue weighted by Crippen LogP contribution is 2.17. The van der Waals surface area contributed by atoms with Crippen molar-refractivity contribution in [1.29, 1.82) is 0 Å². The van der Waals surface area contributed by atoms with E-state index in [9.17, 15) is 9.59 Å². The van der Waals surface area contributed by atoms with Gasteiger partial charge in [-0.05, 0) is 42.0 Å². The average molecular weight is 452 g/mol. The third kappa shape index (κ3) is 4.59. The number of carbonyl (C=O) groups excluding carboxylic acids is 1. The van der Waals surface area contributed by atoms with Gasteiger partial charge in [0.05, 0.1) is 20.0 Å². The Labute approximate surface area is 188 Å². The van der Waals surface area contributed by atoms with Gasteiger partial charge in [-0.25, -0.2) is 0 Å². The fourth-order valence-electron chi connectivity index (χ4n) is 3.07. The van der Waals surface area contributed by atoms with Crippen molar-refractivity contribution >= 4 is 23.3 Å². The Kier molecular flexibility index (Phi) is 6.41. The number of nitrogens with zero attached hydrogens (tertiary/aromatic N) is 4. The molecule has 2 aromatic carbocycles. The third-order valence-electron chi connectivity index (χ3n) is 4.75. The van der Waals surface area contributed by atoms with Gasteiger partial charge >= 0.3 is 5.56 Å². The first-order valence-corrected chi connectivity index (χ1v) is 10.7. The Morgan fingerprint density at radius 3 is 2.56 bits per heavy atom. The number of rotatable bonds is 8. The Balaban J connectivity index is 1.43. The number of methoxy groups -OCH3 is 2. The minimum atomic E-state index is -0.306. The second kappa shape index (κ2) is 9.56. The first-order valence-electron chi connectivity index (χ1n) is 9.72. The van der Waals surface area contributed by atoms with Crippen LogP contribution in [-0.2, 0) is 11.3 Å². The van der Waals surface area contributed by atoms with Crippen LogP contribution in [0.4, 0.5) is 0 Å². The zero-order valence-corrected chi connectivity index (χ0v) is 18.3. The first kappa shape index (κ1) is 21.4. The molecule has 4 rings (SSSR count). The number of fused-ring (bicyclic) bond motifs is 1. The van der Waals surface area contributed by atoms with Gasteiger partial charge in [0.1, 0.15) is 11.5 Å². The number of hydrogen-bond donors (Lipinski definition) is 1. The van der Waals surface area contributed by atoms with Crippen molar-refractivity contribution in [1.82, 2.24) is 24.5 Å². The van der Waals surface area contributed by atoms with E-state index < -0.39 is 0 Å². The summed E-state index contributed by atoms with van der Waals surface area (Å²) in [5.41, 5.74) is 1.50. The number of aromatic nitrogens is 4. The normalized spacial score (nSPS) is 10.8. The summed E-state index contributed by atoms with van der Waals surface area (Å²) < 4.78 is 13.4. The Hall–Kier alpha value is -3.79. The van der Waals surface area contributed by atoms with Gasteiger partial charge < -0.3 is 14.8 Å². The Morgan fingerprint density at radius 2 is 1.81 bits per heavy atom. The van der Waals surface area contributed by atoms with E-state index in [0.29, 0.717) is 23.1 Å². The molecule has 10 heteroatoms. The molecule has 164 valence electrons. The van der Waals surface area contributed by atoms with Crippen molar-refractivity contribution in [3.05, 3.63) is 76.8 Å². The van der Waals surface area contributed by atoms with Crippen LogP contribution in [0.3, 0.4) is 0 Å². The van der Waals surface area contributed by atoms with Crippen LogP contribution in [-0.4, -0.2) is 45.0 Å². The lowest BCUT2D eigenvalue weighted by Crippen LogP contribution is -2.24. The predicted molar refractivity (Wildman–Crippen MR) is 121 cm³/mol. The minimum Gasteiger partial charge on any atom is -0.497 e. The highest BCUT2D eigenvalue weighted by atomic mass is 32.2. The van der Waals surface area contributed by atoms with Crippen LogP contribution in [0.15, 0.2) is 70.9 Å². The van der Waals surface area contributed by atoms with Crippen LogP contribution in [0.5, 0.6) is 11.5 Å². The third-order valence-corrected chi connectivity index (χ3v) is 5.69. The van der Waals surface area contributed by atoms with E-state index in [1.54, 1.807) is 55.3 Å². The number of thioether (sulfide) groups is 1. The maximum atomic E-state index is 12.9. The van der Waals surface area contributed by atoms with Gasteiger partial charge in [0.2, 0.25) is 11.6 Å². The van der Waals surface area contributed by atoms with Crippen molar-refractivity contribution < 1.29 is 14.3 Å². The summed E-state index contributed by atoms with van der Waals surface area (Å²) >= 11 is 1.21. The topological polar surface area (TPSA) is 99.8 Å². The van der Waals surface area contributed by atoms with Gasteiger partial charge in [-0.1, -0.05) is 23.9 Å².